The third kappa shape index (κ3) is 3.37. The van der Waals surface area contributed by atoms with Crippen molar-refractivity contribution in [3.63, 3.8) is 0 Å². The Kier molecular flexibility index (Phi) is 4.74. The van der Waals surface area contributed by atoms with Gasteiger partial charge in [0.15, 0.2) is 0 Å². The zero-order valence-corrected chi connectivity index (χ0v) is 14.0. The lowest BCUT2D eigenvalue weighted by Gasteiger charge is -2.15. The number of halogens is 2. The van der Waals surface area contributed by atoms with Gasteiger partial charge in [0.05, 0.1) is 16.3 Å². The SMILES string of the molecule is O=C(O)c1ccc(Cl)cc1Nc1cccc(Cl)c1-c1ccccc1. The summed E-state index contributed by atoms with van der Waals surface area (Å²) in [5, 5.41) is 13.5. The third-order valence-corrected chi connectivity index (χ3v) is 4.11. The van der Waals surface area contributed by atoms with E-state index in [9.17, 15) is 9.90 Å². The van der Waals surface area contributed by atoms with Crippen molar-refractivity contribution in [3.05, 3.63) is 82.3 Å². The molecule has 0 saturated heterocycles. The number of rotatable bonds is 4. The van der Waals surface area contributed by atoms with E-state index < -0.39 is 5.97 Å². The third-order valence-electron chi connectivity index (χ3n) is 3.56. The summed E-state index contributed by atoms with van der Waals surface area (Å²) < 4.78 is 0. The van der Waals surface area contributed by atoms with Gasteiger partial charge in [-0.05, 0) is 35.9 Å². The number of hydrogen-bond donors (Lipinski definition) is 2. The van der Waals surface area contributed by atoms with Gasteiger partial charge in [0, 0.05) is 16.3 Å². The number of carboxylic acid groups (broad SMARTS) is 1. The summed E-state index contributed by atoms with van der Waals surface area (Å²) in [5.74, 6) is -1.03. The smallest absolute Gasteiger partial charge is 0.337 e. The Morgan fingerprint density at radius 3 is 2.33 bits per heavy atom. The second-order valence-electron chi connectivity index (χ2n) is 5.15. The first kappa shape index (κ1) is 16.4. The van der Waals surface area contributed by atoms with Crippen molar-refractivity contribution in [1.82, 2.24) is 0 Å². The van der Waals surface area contributed by atoms with Gasteiger partial charge < -0.3 is 10.4 Å². The topological polar surface area (TPSA) is 49.3 Å². The average Bonchev–Trinajstić information content (AvgIpc) is 2.55. The van der Waals surface area contributed by atoms with E-state index in [1.54, 1.807) is 18.2 Å². The van der Waals surface area contributed by atoms with E-state index in [2.05, 4.69) is 5.32 Å². The Labute approximate surface area is 149 Å². The van der Waals surface area contributed by atoms with Gasteiger partial charge in [-0.25, -0.2) is 4.79 Å². The summed E-state index contributed by atoms with van der Waals surface area (Å²) in [7, 11) is 0. The number of carbonyl (C=O) groups is 1. The van der Waals surface area contributed by atoms with Crippen LogP contribution in [0.4, 0.5) is 11.4 Å². The molecule has 3 rings (SSSR count). The van der Waals surface area contributed by atoms with Crippen LogP contribution >= 0.6 is 23.2 Å². The molecule has 24 heavy (non-hydrogen) atoms. The minimum atomic E-state index is -1.03. The van der Waals surface area contributed by atoms with Gasteiger partial charge in [0.25, 0.3) is 0 Å². The molecule has 0 aromatic heterocycles. The Morgan fingerprint density at radius 2 is 1.62 bits per heavy atom. The monoisotopic (exact) mass is 357 g/mol. The van der Waals surface area contributed by atoms with Crippen LogP contribution in [0.2, 0.25) is 10.0 Å². The first-order valence-corrected chi connectivity index (χ1v) is 7.95. The van der Waals surface area contributed by atoms with Gasteiger partial charge in [-0.15, -0.1) is 0 Å². The van der Waals surface area contributed by atoms with E-state index in [1.807, 2.05) is 42.5 Å². The summed E-state index contributed by atoms with van der Waals surface area (Å²) in [6.45, 7) is 0. The molecule has 3 nitrogen and oxygen atoms in total. The van der Waals surface area contributed by atoms with Crippen LogP contribution in [-0.4, -0.2) is 11.1 Å². The van der Waals surface area contributed by atoms with Crippen LogP contribution in [0.15, 0.2) is 66.7 Å². The normalized spacial score (nSPS) is 10.4. The summed E-state index contributed by atoms with van der Waals surface area (Å²) >= 11 is 12.4. The maximum atomic E-state index is 11.4. The number of aromatic carboxylic acids is 1. The summed E-state index contributed by atoms with van der Waals surface area (Å²) in [5.41, 5.74) is 2.99. The number of hydrogen-bond acceptors (Lipinski definition) is 2. The van der Waals surface area contributed by atoms with Gasteiger partial charge in [0.1, 0.15) is 0 Å². The van der Waals surface area contributed by atoms with E-state index in [1.165, 1.54) is 6.07 Å². The Hall–Kier alpha value is -2.49. The summed E-state index contributed by atoms with van der Waals surface area (Å²) in [6, 6.07) is 19.7. The fourth-order valence-corrected chi connectivity index (χ4v) is 2.93. The van der Waals surface area contributed by atoms with Crippen molar-refractivity contribution in [3.8, 4) is 11.1 Å². The quantitative estimate of drug-likeness (QED) is 0.592. The van der Waals surface area contributed by atoms with Crippen LogP contribution in [0, 0.1) is 0 Å². The molecule has 0 aliphatic heterocycles. The molecular weight excluding hydrogens is 345 g/mol. The highest BCUT2D eigenvalue weighted by Gasteiger charge is 2.14. The Balaban J connectivity index is 2.11. The highest BCUT2D eigenvalue weighted by molar-refractivity contribution is 6.34. The fourth-order valence-electron chi connectivity index (χ4n) is 2.48. The van der Waals surface area contributed by atoms with E-state index in [0.29, 0.717) is 21.4 Å². The van der Waals surface area contributed by atoms with Gasteiger partial charge >= 0.3 is 5.97 Å². The molecule has 0 unspecified atom stereocenters. The molecule has 0 saturated carbocycles. The molecule has 0 radical (unpaired) electrons. The molecule has 0 spiro atoms. The molecular formula is C19H13Cl2NO2. The van der Waals surface area contributed by atoms with E-state index >= 15 is 0 Å². The number of nitrogens with one attached hydrogen (secondary N) is 1. The first-order chi connectivity index (χ1) is 11.6. The van der Waals surface area contributed by atoms with Crippen LogP contribution in [0.25, 0.3) is 11.1 Å². The number of carboxylic acids is 1. The average molecular weight is 358 g/mol. The molecule has 2 N–H and O–H groups in total. The van der Waals surface area contributed by atoms with Crippen LogP contribution in [0.3, 0.4) is 0 Å². The van der Waals surface area contributed by atoms with Gasteiger partial charge in [-0.1, -0.05) is 59.6 Å². The molecule has 0 bridgehead atoms. The molecule has 5 heteroatoms. The first-order valence-electron chi connectivity index (χ1n) is 7.20. The largest absolute Gasteiger partial charge is 0.478 e. The maximum Gasteiger partial charge on any atom is 0.337 e. The lowest BCUT2D eigenvalue weighted by Crippen LogP contribution is -2.03. The highest BCUT2D eigenvalue weighted by atomic mass is 35.5. The molecule has 120 valence electrons. The lowest BCUT2D eigenvalue weighted by molar-refractivity contribution is 0.0698. The number of benzene rings is 3. The molecule has 0 amide bonds. The molecule has 3 aromatic carbocycles. The number of anilines is 2. The van der Waals surface area contributed by atoms with Crippen molar-refractivity contribution in [2.75, 3.05) is 5.32 Å². The van der Waals surface area contributed by atoms with Crippen LogP contribution in [0.5, 0.6) is 0 Å². The molecule has 0 atom stereocenters. The van der Waals surface area contributed by atoms with Crippen molar-refractivity contribution in [2.45, 2.75) is 0 Å². The minimum absolute atomic E-state index is 0.137. The Morgan fingerprint density at radius 1 is 0.875 bits per heavy atom. The second kappa shape index (κ2) is 6.95. The molecule has 0 heterocycles. The van der Waals surface area contributed by atoms with Crippen molar-refractivity contribution >= 4 is 40.5 Å². The van der Waals surface area contributed by atoms with Crippen molar-refractivity contribution in [1.29, 1.82) is 0 Å². The maximum absolute atomic E-state index is 11.4. The molecule has 0 aliphatic carbocycles. The highest BCUT2D eigenvalue weighted by Crippen LogP contribution is 2.37. The molecule has 0 aliphatic rings. The van der Waals surface area contributed by atoms with E-state index in [-0.39, 0.29) is 5.56 Å². The van der Waals surface area contributed by atoms with Gasteiger partial charge in [-0.2, -0.15) is 0 Å². The predicted octanol–water partition coefficient (Wildman–Crippen LogP) is 6.10. The van der Waals surface area contributed by atoms with Crippen LogP contribution in [-0.2, 0) is 0 Å². The fraction of sp³-hybridized carbons (Fsp3) is 0. The Bertz CT molecular complexity index is 895. The summed E-state index contributed by atoms with van der Waals surface area (Å²) in [4.78, 5) is 11.4. The van der Waals surface area contributed by atoms with Gasteiger partial charge in [-0.3, -0.25) is 0 Å². The molecule has 3 aromatic rings. The molecule has 0 fully saturated rings. The zero-order chi connectivity index (χ0) is 17.1. The summed E-state index contributed by atoms with van der Waals surface area (Å²) in [6.07, 6.45) is 0. The van der Waals surface area contributed by atoms with Crippen molar-refractivity contribution < 1.29 is 9.90 Å². The van der Waals surface area contributed by atoms with Crippen LogP contribution in [0.1, 0.15) is 10.4 Å². The minimum Gasteiger partial charge on any atom is -0.478 e. The van der Waals surface area contributed by atoms with Gasteiger partial charge in [0.2, 0.25) is 0 Å². The predicted molar refractivity (Wildman–Crippen MR) is 98.6 cm³/mol. The zero-order valence-electron chi connectivity index (χ0n) is 12.5. The van der Waals surface area contributed by atoms with E-state index in [4.69, 9.17) is 23.2 Å². The van der Waals surface area contributed by atoms with E-state index in [0.717, 1.165) is 11.1 Å². The standard InChI is InChI=1S/C19H13Cl2NO2/c20-13-9-10-14(19(23)24)17(11-13)22-16-8-4-7-15(21)18(16)12-5-2-1-3-6-12/h1-11,22H,(H,23,24). The van der Waals surface area contributed by atoms with Crippen LogP contribution < -0.4 is 5.32 Å². The van der Waals surface area contributed by atoms with Crippen molar-refractivity contribution in [2.24, 2.45) is 0 Å². The second-order valence-corrected chi connectivity index (χ2v) is 5.99. The lowest BCUT2D eigenvalue weighted by atomic mass is 10.0.